The van der Waals surface area contributed by atoms with Crippen molar-refractivity contribution in [3.8, 4) is 5.69 Å². The second-order valence-corrected chi connectivity index (χ2v) is 5.22. The molecule has 0 aliphatic carbocycles. The summed E-state index contributed by atoms with van der Waals surface area (Å²) in [6.45, 7) is 2.18. The summed E-state index contributed by atoms with van der Waals surface area (Å²) in [6, 6.07) is 7.89. The molecule has 1 saturated heterocycles. The van der Waals surface area contributed by atoms with Crippen LogP contribution in [0, 0.1) is 0 Å². The van der Waals surface area contributed by atoms with Crippen molar-refractivity contribution in [3.05, 3.63) is 36.0 Å². The summed E-state index contributed by atoms with van der Waals surface area (Å²) in [7, 11) is 0. The first-order valence-electron chi connectivity index (χ1n) is 7.09. The Balaban J connectivity index is 1.85. The van der Waals surface area contributed by atoms with Crippen LogP contribution >= 0.6 is 0 Å². The Morgan fingerprint density at radius 3 is 2.29 bits per heavy atom. The SMILES string of the molecule is Nc1c(C(=O)O)cnn1-c1ccc(N2CCCCC2)cc1. The van der Waals surface area contributed by atoms with Crippen molar-refractivity contribution in [2.45, 2.75) is 19.3 Å². The van der Waals surface area contributed by atoms with Gasteiger partial charge in [-0.1, -0.05) is 0 Å². The van der Waals surface area contributed by atoms with Gasteiger partial charge in [0.25, 0.3) is 0 Å². The van der Waals surface area contributed by atoms with E-state index in [1.807, 2.05) is 24.3 Å². The third-order valence-electron chi connectivity index (χ3n) is 3.85. The summed E-state index contributed by atoms with van der Waals surface area (Å²) < 4.78 is 1.45. The Kier molecular flexibility index (Phi) is 3.51. The first-order chi connectivity index (χ1) is 10.2. The summed E-state index contributed by atoms with van der Waals surface area (Å²) in [6.07, 6.45) is 5.04. The Hall–Kier alpha value is -2.50. The van der Waals surface area contributed by atoms with Gasteiger partial charge in [0, 0.05) is 18.8 Å². The minimum atomic E-state index is -1.07. The maximum atomic E-state index is 11.0. The van der Waals surface area contributed by atoms with E-state index in [9.17, 15) is 4.79 Å². The van der Waals surface area contributed by atoms with Crippen LogP contribution in [-0.4, -0.2) is 33.9 Å². The molecule has 1 aliphatic rings. The maximum absolute atomic E-state index is 11.0. The highest BCUT2D eigenvalue weighted by atomic mass is 16.4. The van der Waals surface area contributed by atoms with Crippen molar-refractivity contribution < 1.29 is 9.90 Å². The zero-order valence-electron chi connectivity index (χ0n) is 11.7. The molecule has 0 amide bonds. The van der Waals surface area contributed by atoms with Crippen LogP contribution in [0.4, 0.5) is 11.5 Å². The molecule has 1 fully saturated rings. The monoisotopic (exact) mass is 286 g/mol. The lowest BCUT2D eigenvalue weighted by Crippen LogP contribution is -2.29. The minimum absolute atomic E-state index is 0.0232. The molecule has 6 nitrogen and oxygen atoms in total. The normalized spacial score (nSPS) is 15.1. The van der Waals surface area contributed by atoms with E-state index in [0.717, 1.165) is 18.8 Å². The van der Waals surface area contributed by atoms with Gasteiger partial charge in [0.15, 0.2) is 0 Å². The Bertz CT molecular complexity index is 642. The molecular weight excluding hydrogens is 268 g/mol. The number of nitrogens with two attached hydrogens (primary N) is 1. The number of benzene rings is 1. The molecule has 0 spiro atoms. The molecule has 3 N–H and O–H groups in total. The number of carbonyl (C=O) groups is 1. The Morgan fingerprint density at radius 1 is 1.10 bits per heavy atom. The first kappa shape index (κ1) is 13.5. The van der Waals surface area contributed by atoms with Crippen molar-refractivity contribution >= 4 is 17.5 Å². The van der Waals surface area contributed by atoms with Crippen molar-refractivity contribution in [1.29, 1.82) is 0 Å². The molecule has 110 valence electrons. The zero-order valence-corrected chi connectivity index (χ0v) is 11.7. The van der Waals surface area contributed by atoms with Crippen LogP contribution in [0.2, 0.25) is 0 Å². The number of hydrogen-bond donors (Lipinski definition) is 2. The van der Waals surface area contributed by atoms with Crippen molar-refractivity contribution in [1.82, 2.24) is 9.78 Å². The third-order valence-corrected chi connectivity index (χ3v) is 3.85. The number of piperidine rings is 1. The molecule has 1 aromatic heterocycles. The maximum Gasteiger partial charge on any atom is 0.341 e. The smallest absolute Gasteiger partial charge is 0.341 e. The van der Waals surface area contributed by atoms with E-state index in [0.29, 0.717) is 0 Å². The van der Waals surface area contributed by atoms with Gasteiger partial charge in [0.05, 0.1) is 11.9 Å². The van der Waals surface area contributed by atoms with Crippen LogP contribution in [-0.2, 0) is 0 Å². The predicted octanol–water partition coefficient (Wildman–Crippen LogP) is 2.14. The van der Waals surface area contributed by atoms with Gasteiger partial charge in [-0.15, -0.1) is 0 Å². The third kappa shape index (κ3) is 2.56. The molecule has 2 heterocycles. The zero-order chi connectivity index (χ0) is 14.8. The summed E-state index contributed by atoms with van der Waals surface area (Å²) in [5.74, 6) is -0.920. The lowest BCUT2D eigenvalue weighted by Gasteiger charge is -2.28. The predicted molar refractivity (Wildman–Crippen MR) is 81.0 cm³/mol. The molecule has 0 bridgehead atoms. The fourth-order valence-corrected chi connectivity index (χ4v) is 2.69. The highest BCUT2D eigenvalue weighted by molar-refractivity contribution is 5.92. The number of carboxylic acid groups (broad SMARTS) is 1. The van der Waals surface area contributed by atoms with Gasteiger partial charge in [0.2, 0.25) is 0 Å². The van der Waals surface area contributed by atoms with Crippen LogP contribution in [0.15, 0.2) is 30.5 Å². The van der Waals surface area contributed by atoms with E-state index in [4.69, 9.17) is 10.8 Å². The molecule has 0 saturated carbocycles. The van der Waals surface area contributed by atoms with Gasteiger partial charge in [-0.2, -0.15) is 5.10 Å². The largest absolute Gasteiger partial charge is 0.477 e. The van der Waals surface area contributed by atoms with Gasteiger partial charge in [-0.05, 0) is 43.5 Å². The summed E-state index contributed by atoms with van der Waals surface area (Å²) in [5, 5.41) is 13.0. The first-order valence-corrected chi connectivity index (χ1v) is 7.09. The quantitative estimate of drug-likeness (QED) is 0.903. The van der Waals surface area contributed by atoms with Crippen LogP contribution in [0.1, 0.15) is 29.6 Å². The molecule has 21 heavy (non-hydrogen) atoms. The number of carboxylic acids is 1. The van der Waals surface area contributed by atoms with Gasteiger partial charge >= 0.3 is 5.97 Å². The molecule has 1 aliphatic heterocycles. The Morgan fingerprint density at radius 2 is 1.71 bits per heavy atom. The standard InChI is InChI=1S/C15H18N4O2/c16-14-13(15(20)21)10-17-19(14)12-6-4-11(5-7-12)18-8-2-1-3-9-18/h4-7,10H,1-3,8-9,16H2,(H,20,21). The Labute approximate surface area is 122 Å². The van der Waals surface area contributed by atoms with Crippen LogP contribution in [0.25, 0.3) is 5.69 Å². The number of nitrogens with zero attached hydrogens (tertiary/aromatic N) is 3. The molecule has 0 radical (unpaired) electrons. The number of anilines is 2. The molecular formula is C15H18N4O2. The highest BCUT2D eigenvalue weighted by Crippen LogP contribution is 2.23. The number of nitrogen functional groups attached to an aromatic ring is 1. The van der Waals surface area contributed by atoms with E-state index in [-0.39, 0.29) is 11.4 Å². The van der Waals surface area contributed by atoms with Gasteiger partial charge in [-0.25, -0.2) is 9.48 Å². The topological polar surface area (TPSA) is 84.4 Å². The van der Waals surface area contributed by atoms with E-state index < -0.39 is 5.97 Å². The highest BCUT2D eigenvalue weighted by Gasteiger charge is 2.15. The minimum Gasteiger partial charge on any atom is -0.477 e. The van der Waals surface area contributed by atoms with Gasteiger partial charge in [-0.3, -0.25) is 0 Å². The second kappa shape index (κ2) is 5.47. The fraction of sp³-hybridized carbons (Fsp3) is 0.333. The summed E-state index contributed by atoms with van der Waals surface area (Å²) in [5.41, 5.74) is 7.80. The molecule has 6 heteroatoms. The average molecular weight is 286 g/mol. The van der Waals surface area contributed by atoms with Crippen LogP contribution in [0.5, 0.6) is 0 Å². The molecule has 0 unspecified atom stereocenters. The van der Waals surface area contributed by atoms with Gasteiger partial charge in [0.1, 0.15) is 11.4 Å². The molecule has 0 atom stereocenters. The van der Waals surface area contributed by atoms with Crippen LogP contribution in [0.3, 0.4) is 0 Å². The summed E-state index contributed by atoms with van der Waals surface area (Å²) in [4.78, 5) is 13.4. The molecule has 2 aromatic rings. The van der Waals surface area contributed by atoms with Crippen molar-refractivity contribution in [2.24, 2.45) is 0 Å². The molecule has 1 aromatic carbocycles. The van der Waals surface area contributed by atoms with Gasteiger partial charge < -0.3 is 15.7 Å². The lowest BCUT2D eigenvalue weighted by molar-refractivity contribution is 0.0698. The number of aromatic nitrogens is 2. The van der Waals surface area contributed by atoms with E-state index in [1.165, 1.54) is 35.8 Å². The summed E-state index contributed by atoms with van der Waals surface area (Å²) >= 11 is 0. The van der Waals surface area contributed by atoms with Crippen molar-refractivity contribution in [3.63, 3.8) is 0 Å². The van der Waals surface area contributed by atoms with E-state index in [1.54, 1.807) is 0 Å². The van der Waals surface area contributed by atoms with E-state index >= 15 is 0 Å². The fourth-order valence-electron chi connectivity index (χ4n) is 2.69. The number of rotatable bonds is 3. The second-order valence-electron chi connectivity index (χ2n) is 5.22. The number of hydrogen-bond acceptors (Lipinski definition) is 4. The average Bonchev–Trinajstić information content (AvgIpc) is 2.90. The van der Waals surface area contributed by atoms with Crippen LogP contribution < -0.4 is 10.6 Å². The lowest BCUT2D eigenvalue weighted by atomic mass is 10.1. The van der Waals surface area contributed by atoms with E-state index in [2.05, 4.69) is 10.00 Å². The number of aromatic carboxylic acids is 1. The molecule has 3 rings (SSSR count). The van der Waals surface area contributed by atoms with Crippen molar-refractivity contribution in [2.75, 3.05) is 23.7 Å².